The van der Waals surface area contributed by atoms with Crippen molar-refractivity contribution in [2.45, 2.75) is 73.1 Å². The molecule has 1 aliphatic heterocycles. The van der Waals surface area contributed by atoms with E-state index in [4.69, 9.17) is 4.74 Å². The summed E-state index contributed by atoms with van der Waals surface area (Å²) in [5, 5.41) is 2.92. The summed E-state index contributed by atoms with van der Waals surface area (Å²) in [7, 11) is 2.02. The average Bonchev–Trinajstić information content (AvgIpc) is 2.86. The number of nitrogens with one attached hydrogen (secondary N) is 1. The van der Waals surface area contributed by atoms with Crippen molar-refractivity contribution >= 4 is 23.2 Å². The number of allylic oxidation sites excluding steroid dienone is 4. The van der Waals surface area contributed by atoms with Crippen LogP contribution in [0.4, 0.5) is 5.69 Å². The standard InChI is InChI=1S/C34H40N2O4/c1-20-9-8-10-24(21(20)2)35-29(39)19-40-23-13-11-22(12-14-23)30-31-25(15-33(3,4)17-27(31)37)36(7)26-16-34(5,6)18-28(38)32(26)30/h8-14,30H,15-19H2,1-7H3,(H,35,39). The van der Waals surface area contributed by atoms with E-state index in [0.29, 0.717) is 18.6 Å². The molecule has 0 atom stereocenters. The van der Waals surface area contributed by atoms with Gasteiger partial charge in [-0.1, -0.05) is 52.0 Å². The highest BCUT2D eigenvalue weighted by Crippen LogP contribution is 2.53. The van der Waals surface area contributed by atoms with Crippen molar-refractivity contribution in [3.63, 3.8) is 0 Å². The lowest BCUT2D eigenvalue weighted by molar-refractivity contribution is -0.120. The number of Topliss-reactive ketones (excluding diaryl/α,β-unsaturated/α-hetero) is 2. The predicted octanol–water partition coefficient (Wildman–Crippen LogP) is 6.64. The zero-order chi connectivity index (χ0) is 29.0. The van der Waals surface area contributed by atoms with Gasteiger partial charge in [0.1, 0.15) is 5.75 Å². The Kier molecular flexibility index (Phi) is 7.01. The molecule has 0 spiro atoms. The van der Waals surface area contributed by atoms with Gasteiger partial charge in [-0.15, -0.1) is 0 Å². The Labute approximate surface area is 237 Å². The minimum atomic E-state index is -0.380. The Bertz CT molecular complexity index is 1410. The molecule has 3 aliphatic rings. The summed E-state index contributed by atoms with van der Waals surface area (Å²) >= 11 is 0. The number of anilines is 1. The van der Waals surface area contributed by atoms with Gasteiger partial charge in [-0.05, 0) is 72.4 Å². The first-order valence-electron chi connectivity index (χ1n) is 14.1. The van der Waals surface area contributed by atoms with Crippen molar-refractivity contribution in [2.75, 3.05) is 19.0 Å². The summed E-state index contributed by atoms with van der Waals surface area (Å²) in [4.78, 5) is 42.0. The predicted molar refractivity (Wildman–Crippen MR) is 157 cm³/mol. The lowest BCUT2D eigenvalue weighted by atomic mass is 9.64. The van der Waals surface area contributed by atoms with Gasteiger partial charge >= 0.3 is 0 Å². The molecule has 1 N–H and O–H groups in total. The molecule has 0 radical (unpaired) electrons. The topological polar surface area (TPSA) is 75.7 Å². The molecule has 1 amide bonds. The lowest BCUT2D eigenvalue weighted by Gasteiger charge is -2.47. The third kappa shape index (κ3) is 5.24. The molecule has 6 nitrogen and oxygen atoms in total. The van der Waals surface area contributed by atoms with Crippen LogP contribution in [0.15, 0.2) is 65.0 Å². The first-order valence-corrected chi connectivity index (χ1v) is 14.1. The summed E-state index contributed by atoms with van der Waals surface area (Å²) < 4.78 is 5.80. The zero-order valence-electron chi connectivity index (χ0n) is 24.7. The maximum Gasteiger partial charge on any atom is 0.262 e. The molecule has 40 heavy (non-hydrogen) atoms. The molecule has 0 unspecified atom stereocenters. The average molecular weight is 541 g/mol. The monoisotopic (exact) mass is 540 g/mol. The van der Waals surface area contributed by atoms with Gasteiger partial charge in [0.05, 0.1) is 0 Å². The van der Waals surface area contributed by atoms with Crippen molar-refractivity contribution in [2.24, 2.45) is 10.8 Å². The molecule has 0 fully saturated rings. The Morgan fingerprint density at radius 1 is 0.875 bits per heavy atom. The smallest absolute Gasteiger partial charge is 0.262 e. The van der Waals surface area contributed by atoms with Gasteiger partial charge < -0.3 is 15.0 Å². The Morgan fingerprint density at radius 2 is 1.43 bits per heavy atom. The summed E-state index contributed by atoms with van der Waals surface area (Å²) in [5.41, 5.74) is 7.17. The Hall–Kier alpha value is -3.67. The maximum absolute atomic E-state index is 13.6. The van der Waals surface area contributed by atoms with E-state index >= 15 is 0 Å². The minimum absolute atomic E-state index is 0.118. The van der Waals surface area contributed by atoms with Gasteiger partial charge in [-0.2, -0.15) is 0 Å². The molecule has 5 rings (SSSR count). The second-order valence-electron chi connectivity index (χ2n) is 13.2. The summed E-state index contributed by atoms with van der Waals surface area (Å²) in [6.45, 7) is 12.4. The number of aryl methyl sites for hydroxylation is 1. The molecule has 1 heterocycles. The highest BCUT2D eigenvalue weighted by atomic mass is 16.5. The summed E-state index contributed by atoms with van der Waals surface area (Å²) in [6.07, 6.45) is 2.52. The summed E-state index contributed by atoms with van der Waals surface area (Å²) in [6, 6.07) is 13.3. The van der Waals surface area contributed by atoms with E-state index in [9.17, 15) is 14.4 Å². The molecule has 2 aliphatic carbocycles. The van der Waals surface area contributed by atoms with E-state index in [1.54, 1.807) is 0 Å². The fourth-order valence-electron chi connectivity index (χ4n) is 6.48. The number of amides is 1. The molecule has 0 saturated carbocycles. The highest BCUT2D eigenvalue weighted by molar-refractivity contribution is 6.06. The van der Waals surface area contributed by atoms with Gasteiger partial charge in [0.25, 0.3) is 5.91 Å². The number of ketones is 2. The van der Waals surface area contributed by atoms with Gasteiger partial charge in [0.2, 0.25) is 0 Å². The van der Waals surface area contributed by atoms with E-state index in [1.807, 2.05) is 63.4 Å². The van der Waals surface area contributed by atoms with Crippen LogP contribution in [0.5, 0.6) is 5.75 Å². The van der Waals surface area contributed by atoms with Gasteiger partial charge in [0.15, 0.2) is 18.2 Å². The quantitative estimate of drug-likeness (QED) is 0.460. The van der Waals surface area contributed by atoms with Crippen LogP contribution < -0.4 is 10.1 Å². The number of rotatable bonds is 5. The number of ether oxygens (including phenoxy) is 1. The Morgan fingerprint density at radius 3 is 1.98 bits per heavy atom. The van der Waals surface area contributed by atoms with Crippen molar-refractivity contribution in [3.8, 4) is 5.75 Å². The van der Waals surface area contributed by atoms with Gasteiger partial charge in [-0.25, -0.2) is 0 Å². The second-order valence-corrected chi connectivity index (χ2v) is 13.2. The van der Waals surface area contributed by atoms with E-state index in [1.165, 1.54) is 0 Å². The largest absolute Gasteiger partial charge is 0.484 e. The molecule has 2 aromatic rings. The third-order valence-electron chi connectivity index (χ3n) is 8.64. The van der Waals surface area contributed by atoms with E-state index < -0.39 is 0 Å². The van der Waals surface area contributed by atoms with Crippen LogP contribution in [0.3, 0.4) is 0 Å². The molecule has 210 valence electrons. The van der Waals surface area contributed by atoms with Crippen LogP contribution in [0.1, 0.15) is 76.0 Å². The fourth-order valence-corrected chi connectivity index (χ4v) is 6.48. The number of hydrogen-bond acceptors (Lipinski definition) is 5. The molecule has 0 bridgehead atoms. The van der Waals surface area contributed by atoms with Crippen LogP contribution in [0, 0.1) is 24.7 Å². The SMILES string of the molecule is Cc1cccc(NC(=O)COc2ccc(C3C4=C(CC(C)(C)CC4=O)N(C)C4=C3C(=O)CC(C)(C)C4)cc2)c1C. The fraction of sp³-hybridized carbons (Fsp3) is 0.441. The highest BCUT2D eigenvalue weighted by Gasteiger charge is 2.48. The van der Waals surface area contributed by atoms with Crippen molar-refractivity contribution in [1.29, 1.82) is 0 Å². The normalized spacial score (nSPS) is 20.3. The lowest BCUT2D eigenvalue weighted by Crippen LogP contribution is -2.43. The number of nitrogens with zero attached hydrogens (tertiary/aromatic N) is 1. The van der Waals surface area contributed by atoms with E-state index in [-0.39, 0.29) is 40.8 Å². The second kappa shape index (κ2) is 10.1. The van der Waals surface area contributed by atoms with Gasteiger partial charge in [-0.3, -0.25) is 14.4 Å². The molecular formula is C34H40N2O4. The van der Waals surface area contributed by atoms with Gasteiger partial charge in [0, 0.05) is 54.0 Å². The molecule has 2 aromatic carbocycles. The number of carbonyl (C=O) groups excluding carboxylic acids is 3. The van der Waals surface area contributed by atoms with Crippen LogP contribution >= 0.6 is 0 Å². The number of benzene rings is 2. The van der Waals surface area contributed by atoms with Crippen LogP contribution in [0.2, 0.25) is 0 Å². The minimum Gasteiger partial charge on any atom is -0.484 e. The molecule has 0 aromatic heterocycles. The number of carbonyl (C=O) groups is 3. The first kappa shape index (κ1) is 27.9. The van der Waals surface area contributed by atoms with Crippen LogP contribution in [0.25, 0.3) is 0 Å². The van der Waals surface area contributed by atoms with Crippen molar-refractivity contribution < 1.29 is 19.1 Å². The van der Waals surface area contributed by atoms with Crippen molar-refractivity contribution in [1.82, 2.24) is 4.90 Å². The van der Waals surface area contributed by atoms with E-state index in [0.717, 1.165) is 57.8 Å². The molecular weight excluding hydrogens is 500 g/mol. The van der Waals surface area contributed by atoms with Crippen LogP contribution in [-0.2, 0) is 14.4 Å². The van der Waals surface area contributed by atoms with Crippen molar-refractivity contribution in [3.05, 3.63) is 81.7 Å². The molecule has 6 heteroatoms. The zero-order valence-corrected chi connectivity index (χ0v) is 24.7. The first-order chi connectivity index (χ1) is 18.8. The maximum atomic E-state index is 13.6. The Balaban J connectivity index is 1.42. The third-order valence-corrected chi connectivity index (χ3v) is 8.64. The number of hydrogen-bond donors (Lipinski definition) is 1. The summed E-state index contributed by atoms with van der Waals surface area (Å²) in [5.74, 6) is 0.188. The van der Waals surface area contributed by atoms with E-state index in [2.05, 4.69) is 37.9 Å². The molecule has 0 saturated heterocycles. The van der Waals surface area contributed by atoms with Crippen LogP contribution in [-0.4, -0.2) is 36.0 Å².